The number of aliphatic carboxylic acids is 1. The zero-order chi connectivity index (χ0) is 17.9. The molecular formula is C16H19N5O4. The van der Waals surface area contributed by atoms with Gasteiger partial charge in [-0.1, -0.05) is 30.3 Å². The van der Waals surface area contributed by atoms with Crippen LogP contribution in [0.3, 0.4) is 0 Å². The van der Waals surface area contributed by atoms with Gasteiger partial charge >= 0.3 is 5.97 Å². The van der Waals surface area contributed by atoms with E-state index in [1.807, 2.05) is 30.3 Å². The Labute approximate surface area is 144 Å². The molecule has 1 aliphatic heterocycles. The van der Waals surface area contributed by atoms with Crippen molar-refractivity contribution in [2.45, 2.75) is 31.3 Å². The highest BCUT2D eigenvalue weighted by Gasteiger charge is 2.42. The van der Waals surface area contributed by atoms with E-state index in [-0.39, 0.29) is 12.8 Å². The number of nitrogens with one attached hydrogen (secondary N) is 1. The first-order chi connectivity index (χ1) is 12.0. The number of carbonyl (C=O) groups is 2. The molecule has 0 spiro atoms. The van der Waals surface area contributed by atoms with E-state index in [1.165, 1.54) is 4.80 Å². The van der Waals surface area contributed by atoms with Crippen LogP contribution in [0.15, 0.2) is 30.3 Å². The molecule has 1 saturated heterocycles. The second-order valence-electron chi connectivity index (χ2n) is 5.96. The van der Waals surface area contributed by atoms with Gasteiger partial charge in [-0.3, -0.25) is 4.79 Å². The van der Waals surface area contributed by atoms with Gasteiger partial charge in [0.25, 0.3) is 0 Å². The molecule has 2 heterocycles. The highest BCUT2D eigenvalue weighted by molar-refractivity contribution is 5.88. The number of rotatable bonds is 5. The molecule has 9 heteroatoms. The lowest BCUT2D eigenvalue weighted by Gasteiger charge is -2.34. The van der Waals surface area contributed by atoms with Crippen LogP contribution in [0.2, 0.25) is 0 Å². The highest BCUT2D eigenvalue weighted by atomic mass is 16.5. The van der Waals surface area contributed by atoms with Crippen molar-refractivity contribution in [2.24, 2.45) is 0 Å². The topological polar surface area (TPSA) is 119 Å². The number of carboxylic acid groups (broad SMARTS) is 1. The minimum Gasteiger partial charge on any atom is -0.480 e. The monoisotopic (exact) mass is 345 g/mol. The molecule has 1 amide bonds. The van der Waals surface area contributed by atoms with Crippen molar-refractivity contribution in [1.29, 1.82) is 0 Å². The summed E-state index contributed by atoms with van der Waals surface area (Å²) in [5.74, 6) is -1.13. The maximum Gasteiger partial charge on any atom is 0.329 e. The first-order valence-electron chi connectivity index (χ1n) is 8.00. The van der Waals surface area contributed by atoms with E-state index in [1.54, 1.807) is 6.92 Å². The van der Waals surface area contributed by atoms with Crippen LogP contribution in [0.1, 0.15) is 25.8 Å². The Morgan fingerprint density at radius 2 is 1.96 bits per heavy atom. The minimum atomic E-state index is -1.31. The summed E-state index contributed by atoms with van der Waals surface area (Å²) in [7, 11) is 0. The van der Waals surface area contributed by atoms with Gasteiger partial charge in [-0.25, -0.2) is 4.79 Å². The zero-order valence-electron chi connectivity index (χ0n) is 13.8. The molecule has 1 aromatic carbocycles. The summed E-state index contributed by atoms with van der Waals surface area (Å²) in [5.41, 5.74) is -0.528. The van der Waals surface area contributed by atoms with E-state index < -0.39 is 23.5 Å². The summed E-state index contributed by atoms with van der Waals surface area (Å²) in [6.07, 6.45) is 0.446. The molecule has 2 aromatic rings. The van der Waals surface area contributed by atoms with Crippen LogP contribution in [0.4, 0.5) is 0 Å². The van der Waals surface area contributed by atoms with Crippen LogP contribution >= 0.6 is 0 Å². The van der Waals surface area contributed by atoms with Crippen molar-refractivity contribution in [1.82, 2.24) is 25.5 Å². The summed E-state index contributed by atoms with van der Waals surface area (Å²) in [4.78, 5) is 25.3. The average Bonchev–Trinajstić information content (AvgIpc) is 3.12. The Bertz CT molecular complexity index is 755. The molecule has 1 aromatic heterocycles. The molecule has 1 atom stereocenters. The number of tetrazole rings is 1. The fourth-order valence-corrected chi connectivity index (χ4v) is 2.65. The number of aromatic nitrogens is 4. The largest absolute Gasteiger partial charge is 0.480 e. The molecule has 1 fully saturated rings. The Kier molecular flexibility index (Phi) is 4.75. The van der Waals surface area contributed by atoms with Gasteiger partial charge in [-0.15, -0.1) is 10.2 Å². The van der Waals surface area contributed by atoms with Crippen LogP contribution in [0, 0.1) is 0 Å². The Hall–Kier alpha value is -2.81. The number of hydrogen-bond donors (Lipinski definition) is 2. The second-order valence-corrected chi connectivity index (χ2v) is 5.96. The van der Waals surface area contributed by atoms with Crippen LogP contribution in [-0.4, -0.2) is 55.9 Å². The molecule has 0 radical (unpaired) electrons. The predicted octanol–water partition coefficient (Wildman–Crippen LogP) is 0.651. The van der Waals surface area contributed by atoms with E-state index in [4.69, 9.17) is 4.74 Å². The van der Waals surface area contributed by atoms with Crippen LogP contribution in [-0.2, 0) is 14.3 Å². The van der Waals surface area contributed by atoms with E-state index >= 15 is 0 Å². The number of nitrogens with zero attached hydrogens (tertiary/aromatic N) is 4. The van der Waals surface area contributed by atoms with Crippen LogP contribution in [0.5, 0.6) is 0 Å². The van der Waals surface area contributed by atoms with Crippen LogP contribution in [0.25, 0.3) is 11.4 Å². The smallest absolute Gasteiger partial charge is 0.329 e. The van der Waals surface area contributed by atoms with E-state index in [0.29, 0.717) is 19.0 Å². The third-order valence-corrected chi connectivity index (χ3v) is 4.30. The van der Waals surface area contributed by atoms with Crippen molar-refractivity contribution >= 4 is 11.9 Å². The summed E-state index contributed by atoms with van der Waals surface area (Å²) >= 11 is 0. The lowest BCUT2D eigenvalue weighted by molar-refractivity contribution is -0.152. The van der Waals surface area contributed by atoms with Gasteiger partial charge in [0.1, 0.15) is 11.6 Å². The third kappa shape index (κ3) is 3.50. The highest BCUT2D eigenvalue weighted by Crippen LogP contribution is 2.22. The van der Waals surface area contributed by atoms with Crippen molar-refractivity contribution in [3.05, 3.63) is 30.3 Å². The Balaban J connectivity index is 1.74. The standard InChI is InChI=1S/C16H19N5O4/c1-11(14(22)17-16(15(23)24)7-9-25-10-8-16)21-19-13(18-20-21)12-5-3-2-4-6-12/h2-6,11H,7-10H2,1H3,(H,17,22)(H,23,24). The molecule has 25 heavy (non-hydrogen) atoms. The minimum absolute atomic E-state index is 0.223. The number of benzene rings is 1. The van der Waals surface area contributed by atoms with Gasteiger partial charge in [0.15, 0.2) is 0 Å². The predicted molar refractivity (Wildman–Crippen MR) is 86.5 cm³/mol. The van der Waals surface area contributed by atoms with Gasteiger partial charge < -0.3 is 15.2 Å². The average molecular weight is 345 g/mol. The first kappa shape index (κ1) is 17.0. The number of carboxylic acids is 1. The summed E-state index contributed by atoms with van der Waals surface area (Å²) in [6.45, 7) is 2.18. The lowest BCUT2D eigenvalue weighted by Crippen LogP contribution is -2.58. The van der Waals surface area contributed by atoms with Crippen LogP contribution < -0.4 is 5.32 Å². The molecule has 3 rings (SSSR count). The number of amides is 1. The first-order valence-corrected chi connectivity index (χ1v) is 8.00. The van der Waals surface area contributed by atoms with E-state index in [2.05, 4.69) is 20.7 Å². The van der Waals surface area contributed by atoms with Gasteiger partial charge in [0.2, 0.25) is 11.7 Å². The molecule has 1 unspecified atom stereocenters. The van der Waals surface area contributed by atoms with E-state index in [9.17, 15) is 14.7 Å². The Morgan fingerprint density at radius 3 is 2.60 bits per heavy atom. The quantitative estimate of drug-likeness (QED) is 0.816. The molecule has 0 aliphatic carbocycles. The summed E-state index contributed by atoms with van der Waals surface area (Å²) in [5, 5.41) is 24.2. The number of ether oxygens (including phenoxy) is 1. The lowest BCUT2D eigenvalue weighted by atomic mass is 9.90. The molecule has 2 N–H and O–H groups in total. The normalized spacial score (nSPS) is 17.6. The molecule has 0 bridgehead atoms. The zero-order valence-corrected chi connectivity index (χ0v) is 13.8. The molecule has 132 valence electrons. The maximum atomic E-state index is 12.5. The summed E-state index contributed by atoms with van der Waals surface area (Å²) in [6, 6.07) is 8.48. The van der Waals surface area contributed by atoms with Gasteiger partial charge in [0, 0.05) is 31.6 Å². The molecule has 1 aliphatic rings. The van der Waals surface area contributed by atoms with Gasteiger partial charge in [-0.2, -0.15) is 4.80 Å². The van der Waals surface area contributed by atoms with Crippen molar-refractivity contribution in [2.75, 3.05) is 13.2 Å². The van der Waals surface area contributed by atoms with Crippen molar-refractivity contribution in [3.8, 4) is 11.4 Å². The maximum absolute atomic E-state index is 12.5. The second kappa shape index (κ2) is 6.98. The van der Waals surface area contributed by atoms with Crippen molar-refractivity contribution < 1.29 is 19.4 Å². The van der Waals surface area contributed by atoms with Gasteiger partial charge in [0.05, 0.1) is 0 Å². The summed E-state index contributed by atoms with van der Waals surface area (Å²) < 4.78 is 5.20. The molecular weight excluding hydrogens is 326 g/mol. The fourth-order valence-electron chi connectivity index (χ4n) is 2.65. The third-order valence-electron chi connectivity index (χ3n) is 4.30. The number of carbonyl (C=O) groups excluding carboxylic acids is 1. The Morgan fingerprint density at radius 1 is 1.28 bits per heavy atom. The number of hydrogen-bond acceptors (Lipinski definition) is 6. The molecule has 0 saturated carbocycles. The van der Waals surface area contributed by atoms with Crippen molar-refractivity contribution in [3.63, 3.8) is 0 Å². The SMILES string of the molecule is CC(C(=O)NC1(C(=O)O)CCOCC1)n1nnc(-c2ccccc2)n1. The molecule has 9 nitrogen and oxygen atoms in total. The van der Waals surface area contributed by atoms with E-state index in [0.717, 1.165) is 5.56 Å². The fraction of sp³-hybridized carbons (Fsp3) is 0.438. The van der Waals surface area contributed by atoms with Gasteiger partial charge in [-0.05, 0) is 12.1 Å².